The van der Waals surface area contributed by atoms with Crippen LogP contribution >= 0.6 is 11.8 Å². The third kappa shape index (κ3) is 3.86. The number of amides is 1. The Kier molecular flexibility index (Phi) is 4.70. The SMILES string of the molecule is COCCC1(CNC(=O)C2CSCCN2)CC1. The summed E-state index contributed by atoms with van der Waals surface area (Å²) < 4.78 is 5.11. The van der Waals surface area contributed by atoms with E-state index in [1.165, 1.54) is 12.8 Å². The fourth-order valence-electron chi connectivity index (χ4n) is 2.14. The van der Waals surface area contributed by atoms with Crippen LogP contribution in [0.25, 0.3) is 0 Å². The van der Waals surface area contributed by atoms with Gasteiger partial charge in [-0.15, -0.1) is 0 Å². The first-order chi connectivity index (χ1) is 8.26. The molecule has 4 nitrogen and oxygen atoms in total. The van der Waals surface area contributed by atoms with E-state index in [2.05, 4.69) is 10.6 Å². The lowest BCUT2D eigenvalue weighted by molar-refractivity contribution is -0.122. The molecule has 5 heteroatoms. The van der Waals surface area contributed by atoms with Crippen molar-refractivity contribution < 1.29 is 9.53 Å². The molecule has 1 saturated heterocycles. The van der Waals surface area contributed by atoms with Crippen molar-refractivity contribution in [2.45, 2.75) is 25.3 Å². The zero-order valence-electron chi connectivity index (χ0n) is 10.5. The Morgan fingerprint density at radius 3 is 3.00 bits per heavy atom. The van der Waals surface area contributed by atoms with Gasteiger partial charge in [-0.3, -0.25) is 4.79 Å². The predicted octanol–water partition coefficient (Wildman–Crippen LogP) is 0.624. The van der Waals surface area contributed by atoms with E-state index < -0.39 is 0 Å². The first kappa shape index (κ1) is 13.2. The molecule has 0 aromatic carbocycles. The van der Waals surface area contributed by atoms with Crippen molar-refractivity contribution >= 4 is 17.7 Å². The van der Waals surface area contributed by atoms with E-state index in [9.17, 15) is 4.79 Å². The average molecular weight is 258 g/mol. The quantitative estimate of drug-likeness (QED) is 0.733. The zero-order valence-corrected chi connectivity index (χ0v) is 11.3. The highest BCUT2D eigenvalue weighted by atomic mass is 32.2. The van der Waals surface area contributed by atoms with Gasteiger partial charge in [0.05, 0.1) is 6.04 Å². The summed E-state index contributed by atoms with van der Waals surface area (Å²) in [6.45, 7) is 2.56. The van der Waals surface area contributed by atoms with Gasteiger partial charge in [-0.2, -0.15) is 11.8 Å². The fraction of sp³-hybridized carbons (Fsp3) is 0.917. The maximum Gasteiger partial charge on any atom is 0.238 e. The molecular formula is C12H22N2O2S. The summed E-state index contributed by atoms with van der Waals surface area (Å²) in [5.41, 5.74) is 0.341. The fourth-order valence-corrected chi connectivity index (χ4v) is 3.08. The van der Waals surface area contributed by atoms with E-state index in [1.54, 1.807) is 7.11 Å². The molecule has 0 bridgehead atoms. The number of hydrogen-bond acceptors (Lipinski definition) is 4. The molecule has 2 rings (SSSR count). The monoisotopic (exact) mass is 258 g/mol. The molecule has 98 valence electrons. The zero-order chi connectivity index (χ0) is 12.1. The molecule has 2 aliphatic rings. The molecule has 1 heterocycles. The number of rotatable bonds is 6. The number of carbonyl (C=O) groups excluding carboxylic acids is 1. The van der Waals surface area contributed by atoms with Gasteiger partial charge in [0.25, 0.3) is 0 Å². The van der Waals surface area contributed by atoms with Gasteiger partial charge in [0, 0.05) is 38.3 Å². The molecule has 17 heavy (non-hydrogen) atoms. The van der Waals surface area contributed by atoms with Gasteiger partial charge in [-0.1, -0.05) is 0 Å². The van der Waals surface area contributed by atoms with Crippen LogP contribution < -0.4 is 10.6 Å². The summed E-state index contributed by atoms with van der Waals surface area (Å²) in [5.74, 6) is 2.18. The second-order valence-corrected chi connectivity index (χ2v) is 6.19. The van der Waals surface area contributed by atoms with Gasteiger partial charge in [0.15, 0.2) is 0 Å². The normalized spacial score (nSPS) is 26.5. The van der Waals surface area contributed by atoms with Crippen molar-refractivity contribution in [2.24, 2.45) is 5.41 Å². The van der Waals surface area contributed by atoms with E-state index >= 15 is 0 Å². The minimum atomic E-state index is 0.00646. The highest BCUT2D eigenvalue weighted by Crippen LogP contribution is 2.48. The van der Waals surface area contributed by atoms with Crippen LogP contribution in [0.3, 0.4) is 0 Å². The number of hydrogen-bond donors (Lipinski definition) is 2. The smallest absolute Gasteiger partial charge is 0.238 e. The van der Waals surface area contributed by atoms with Crippen LogP contribution in [-0.4, -0.2) is 50.3 Å². The van der Waals surface area contributed by atoms with Crippen molar-refractivity contribution in [1.29, 1.82) is 0 Å². The maximum atomic E-state index is 11.9. The Labute approximate surface area is 107 Å². The number of thioether (sulfide) groups is 1. The third-order valence-corrected chi connectivity index (χ3v) is 4.73. The van der Waals surface area contributed by atoms with E-state index in [-0.39, 0.29) is 11.9 Å². The summed E-state index contributed by atoms with van der Waals surface area (Å²) >= 11 is 1.85. The van der Waals surface area contributed by atoms with Crippen molar-refractivity contribution in [3.8, 4) is 0 Å². The molecule has 0 radical (unpaired) electrons. The lowest BCUT2D eigenvalue weighted by Crippen LogP contribution is -2.50. The summed E-state index contributed by atoms with van der Waals surface area (Å²) in [7, 11) is 1.73. The minimum Gasteiger partial charge on any atom is -0.385 e. The van der Waals surface area contributed by atoms with Crippen LogP contribution in [0, 0.1) is 5.41 Å². The lowest BCUT2D eigenvalue weighted by atomic mass is 10.0. The Balaban J connectivity index is 1.68. The molecule has 2 fully saturated rings. The Morgan fingerprint density at radius 2 is 2.41 bits per heavy atom. The third-order valence-electron chi connectivity index (χ3n) is 3.67. The Hall–Kier alpha value is -0.260. The number of methoxy groups -OCH3 is 1. The predicted molar refractivity (Wildman–Crippen MR) is 70.3 cm³/mol. The van der Waals surface area contributed by atoms with Crippen LogP contribution in [0.1, 0.15) is 19.3 Å². The minimum absolute atomic E-state index is 0.00646. The van der Waals surface area contributed by atoms with E-state index in [1.807, 2.05) is 11.8 Å². The molecule has 1 aliphatic carbocycles. The average Bonchev–Trinajstić information content (AvgIpc) is 3.15. The van der Waals surface area contributed by atoms with Crippen LogP contribution in [0.5, 0.6) is 0 Å². The molecule has 1 aliphatic heterocycles. The number of ether oxygens (including phenoxy) is 1. The largest absolute Gasteiger partial charge is 0.385 e. The van der Waals surface area contributed by atoms with Gasteiger partial charge >= 0.3 is 0 Å². The highest BCUT2D eigenvalue weighted by Gasteiger charge is 2.42. The molecule has 1 saturated carbocycles. The summed E-state index contributed by atoms with van der Waals surface area (Å²) in [4.78, 5) is 11.9. The number of carbonyl (C=O) groups is 1. The molecule has 1 unspecified atom stereocenters. The molecule has 1 atom stereocenters. The number of nitrogens with one attached hydrogen (secondary N) is 2. The molecule has 2 N–H and O–H groups in total. The van der Waals surface area contributed by atoms with Crippen molar-refractivity contribution in [3.05, 3.63) is 0 Å². The highest BCUT2D eigenvalue weighted by molar-refractivity contribution is 7.99. The summed E-state index contributed by atoms with van der Waals surface area (Å²) in [5, 5.41) is 6.35. The Bertz CT molecular complexity index is 263. The van der Waals surface area contributed by atoms with Crippen LogP contribution in [0.15, 0.2) is 0 Å². The molecular weight excluding hydrogens is 236 g/mol. The van der Waals surface area contributed by atoms with Crippen LogP contribution in [-0.2, 0) is 9.53 Å². The topological polar surface area (TPSA) is 50.4 Å². The summed E-state index contributed by atoms with van der Waals surface area (Å²) in [6.07, 6.45) is 3.52. The first-order valence-electron chi connectivity index (χ1n) is 6.34. The van der Waals surface area contributed by atoms with Gasteiger partial charge in [-0.05, 0) is 24.7 Å². The van der Waals surface area contributed by atoms with Crippen LogP contribution in [0.4, 0.5) is 0 Å². The van der Waals surface area contributed by atoms with Gasteiger partial charge in [0.1, 0.15) is 0 Å². The summed E-state index contributed by atoms with van der Waals surface area (Å²) in [6, 6.07) is 0.00646. The van der Waals surface area contributed by atoms with Crippen LogP contribution in [0.2, 0.25) is 0 Å². The van der Waals surface area contributed by atoms with Crippen molar-refractivity contribution in [2.75, 3.05) is 38.3 Å². The van der Waals surface area contributed by atoms with E-state index in [4.69, 9.17) is 4.74 Å². The van der Waals surface area contributed by atoms with Crippen molar-refractivity contribution in [3.63, 3.8) is 0 Å². The molecule has 0 aromatic heterocycles. The van der Waals surface area contributed by atoms with Crippen molar-refractivity contribution in [1.82, 2.24) is 10.6 Å². The van der Waals surface area contributed by atoms with Gasteiger partial charge in [0.2, 0.25) is 5.91 Å². The maximum absolute atomic E-state index is 11.9. The standard InChI is InChI=1S/C12H22N2O2S/c1-16-6-4-12(2-3-12)9-14-11(15)10-8-17-7-5-13-10/h10,13H,2-9H2,1H3,(H,14,15). The molecule has 0 spiro atoms. The second kappa shape index (κ2) is 6.07. The second-order valence-electron chi connectivity index (χ2n) is 5.04. The van der Waals surface area contributed by atoms with E-state index in [0.717, 1.165) is 37.6 Å². The molecule has 0 aromatic rings. The first-order valence-corrected chi connectivity index (χ1v) is 7.49. The van der Waals surface area contributed by atoms with E-state index in [0.29, 0.717) is 5.41 Å². The van der Waals surface area contributed by atoms with Gasteiger partial charge < -0.3 is 15.4 Å². The van der Waals surface area contributed by atoms with Gasteiger partial charge in [-0.25, -0.2) is 0 Å². The lowest BCUT2D eigenvalue weighted by Gasteiger charge is -2.23. The molecule has 1 amide bonds. The Morgan fingerprint density at radius 1 is 1.59 bits per heavy atom.